The fourth-order valence-electron chi connectivity index (χ4n) is 4.29. The molecule has 0 aliphatic heterocycles. The summed E-state index contributed by atoms with van der Waals surface area (Å²) in [6.07, 6.45) is 1.30. The lowest BCUT2D eigenvalue weighted by Crippen LogP contribution is -2.22. The molecule has 0 saturated heterocycles. The molecule has 0 spiro atoms. The Labute approximate surface area is 217 Å². The van der Waals surface area contributed by atoms with E-state index >= 15 is 0 Å². The molecule has 1 atom stereocenters. The van der Waals surface area contributed by atoms with E-state index in [1.165, 1.54) is 6.07 Å². The predicted molar refractivity (Wildman–Crippen MR) is 149 cm³/mol. The number of amides is 1. The Bertz CT molecular complexity index is 1520. The summed E-state index contributed by atoms with van der Waals surface area (Å²) in [6.45, 7) is 3.80. The highest BCUT2D eigenvalue weighted by molar-refractivity contribution is 7.89. The molecule has 1 unspecified atom stereocenters. The summed E-state index contributed by atoms with van der Waals surface area (Å²) in [4.78, 5) is 13.5. The third kappa shape index (κ3) is 6.52. The van der Waals surface area contributed by atoms with Crippen molar-refractivity contribution >= 4 is 27.3 Å². The van der Waals surface area contributed by atoms with E-state index in [1.807, 2.05) is 54.6 Å². The molecule has 0 saturated carbocycles. The minimum absolute atomic E-state index is 0.0539. The summed E-state index contributed by atoms with van der Waals surface area (Å²) in [5.41, 5.74) is 11.0. The number of carbonyl (C=O) groups excluding carboxylic acids is 1. The minimum atomic E-state index is -3.87. The number of nitrogens with two attached hydrogens (primary N) is 2. The van der Waals surface area contributed by atoms with Crippen molar-refractivity contribution in [1.29, 1.82) is 0 Å². The lowest BCUT2D eigenvalue weighted by molar-refractivity contribution is -0.117. The molecule has 0 aromatic heterocycles. The highest BCUT2D eigenvalue weighted by atomic mass is 32.2. The summed E-state index contributed by atoms with van der Waals surface area (Å²) in [5.74, 6) is -0.489. The second kappa shape index (κ2) is 11.2. The van der Waals surface area contributed by atoms with E-state index in [9.17, 15) is 13.2 Å². The predicted octanol–water partition coefficient (Wildman–Crippen LogP) is 5.29. The van der Waals surface area contributed by atoms with Crippen LogP contribution in [-0.2, 0) is 21.2 Å². The van der Waals surface area contributed by atoms with Crippen LogP contribution in [0.5, 0.6) is 0 Å². The molecule has 0 heterocycles. The van der Waals surface area contributed by atoms with Gasteiger partial charge in [0.1, 0.15) is 0 Å². The van der Waals surface area contributed by atoms with Gasteiger partial charge in [-0.2, -0.15) is 0 Å². The number of hydrogen-bond donors (Lipinski definition) is 3. The normalized spacial score (nSPS) is 12.0. The molecule has 0 radical (unpaired) electrons. The Balaban J connectivity index is 1.53. The number of sulfonamides is 1. The largest absolute Gasteiger partial charge is 0.399 e. The molecule has 0 bridgehead atoms. The smallest absolute Gasteiger partial charge is 0.238 e. The van der Waals surface area contributed by atoms with Crippen molar-refractivity contribution in [2.75, 3.05) is 5.32 Å². The van der Waals surface area contributed by atoms with Gasteiger partial charge in [0.2, 0.25) is 15.9 Å². The van der Waals surface area contributed by atoms with Gasteiger partial charge in [-0.1, -0.05) is 85.4 Å². The van der Waals surface area contributed by atoms with Crippen LogP contribution in [0.25, 0.3) is 16.8 Å². The van der Waals surface area contributed by atoms with Gasteiger partial charge in [0.15, 0.2) is 0 Å². The van der Waals surface area contributed by atoms with Gasteiger partial charge in [0.25, 0.3) is 0 Å². The average molecular weight is 512 g/mol. The zero-order valence-corrected chi connectivity index (χ0v) is 21.1. The van der Waals surface area contributed by atoms with E-state index in [4.69, 9.17) is 10.9 Å². The topological polar surface area (TPSA) is 115 Å². The second-order valence-electron chi connectivity index (χ2n) is 8.84. The standard InChI is InChI=1S/C30H29N3O3S/c1-21(31)25-11-7-8-22(20-25)14-19-28(23-9-3-2-4-10-23)30(34)33-26-17-15-24(16-18-26)27-12-5-6-13-29(27)37(32,35)36/h2-13,15-18,20,28H,1,14,19,31H2,(H,33,34)(H2,32,35,36). The van der Waals surface area contributed by atoms with Gasteiger partial charge in [0, 0.05) is 16.9 Å². The zero-order valence-electron chi connectivity index (χ0n) is 20.3. The van der Waals surface area contributed by atoms with Gasteiger partial charge in [-0.3, -0.25) is 4.79 Å². The lowest BCUT2D eigenvalue weighted by Gasteiger charge is -2.18. The van der Waals surface area contributed by atoms with Crippen LogP contribution in [0.3, 0.4) is 0 Å². The molecular formula is C30H29N3O3S. The summed E-state index contributed by atoms with van der Waals surface area (Å²) in [7, 11) is -3.87. The van der Waals surface area contributed by atoms with E-state index < -0.39 is 10.0 Å². The fraction of sp³-hybridized carbons (Fsp3) is 0.100. The molecule has 4 rings (SSSR count). The van der Waals surface area contributed by atoms with Crippen LogP contribution in [0.4, 0.5) is 5.69 Å². The van der Waals surface area contributed by atoms with Crippen LogP contribution >= 0.6 is 0 Å². The van der Waals surface area contributed by atoms with Crippen LogP contribution in [0.1, 0.15) is 29.0 Å². The number of primary sulfonamides is 1. The number of nitrogens with one attached hydrogen (secondary N) is 1. The monoisotopic (exact) mass is 511 g/mol. The molecular weight excluding hydrogens is 482 g/mol. The van der Waals surface area contributed by atoms with Gasteiger partial charge in [-0.25, -0.2) is 13.6 Å². The summed E-state index contributed by atoms with van der Waals surface area (Å²) >= 11 is 0. The van der Waals surface area contributed by atoms with E-state index in [0.717, 1.165) is 16.7 Å². The lowest BCUT2D eigenvalue weighted by atomic mass is 9.91. The highest BCUT2D eigenvalue weighted by Crippen LogP contribution is 2.29. The van der Waals surface area contributed by atoms with Crippen molar-refractivity contribution in [3.05, 3.63) is 126 Å². The molecule has 0 aliphatic carbocycles. The maximum absolute atomic E-state index is 13.4. The van der Waals surface area contributed by atoms with Crippen molar-refractivity contribution < 1.29 is 13.2 Å². The number of carbonyl (C=O) groups is 1. The molecule has 4 aromatic rings. The molecule has 7 heteroatoms. The number of anilines is 1. The zero-order chi connectivity index (χ0) is 26.4. The number of benzene rings is 4. The Morgan fingerprint density at radius 2 is 1.54 bits per heavy atom. The minimum Gasteiger partial charge on any atom is -0.399 e. The van der Waals surface area contributed by atoms with Gasteiger partial charge in [-0.15, -0.1) is 0 Å². The maximum atomic E-state index is 13.4. The van der Waals surface area contributed by atoms with Crippen LogP contribution in [0.15, 0.2) is 115 Å². The molecule has 5 N–H and O–H groups in total. The first kappa shape index (κ1) is 25.9. The SMILES string of the molecule is C=C(N)c1cccc(CCC(C(=O)Nc2ccc(-c3ccccc3S(N)(=O)=O)cc2)c2ccccc2)c1. The Kier molecular flexibility index (Phi) is 7.86. The van der Waals surface area contributed by atoms with Gasteiger partial charge in [0.05, 0.1) is 10.8 Å². The molecule has 0 fully saturated rings. The van der Waals surface area contributed by atoms with Crippen molar-refractivity contribution in [2.24, 2.45) is 10.9 Å². The molecule has 37 heavy (non-hydrogen) atoms. The third-order valence-corrected chi connectivity index (χ3v) is 7.16. The van der Waals surface area contributed by atoms with E-state index in [1.54, 1.807) is 42.5 Å². The van der Waals surface area contributed by atoms with Crippen molar-refractivity contribution in [2.45, 2.75) is 23.7 Å². The summed E-state index contributed by atoms with van der Waals surface area (Å²) < 4.78 is 24.0. The Morgan fingerprint density at radius 3 is 2.22 bits per heavy atom. The first-order valence-corrected chi connectivity index (χ1v) is 13.4. The molecule has 6 nitrogen and oxygen atoms in total. The van der Waals surface area contributed by atoms with Crippen LogP contribution in [0, 0.1) is 0 Å². The average Bonchev–Trinajstić information content (AvgIpc) is 2.89. The van der Waals surface area contributed by atoms with Crippen molar-refractivity contribution in [3.63, 3.8) is 0 Å². The van der Waals surface area contributed by atoms with Crippen LogP contribution < -0.4 is 16.2 Å². The number of aryl methyl sites for hydroxylation is 1. The number of hydrogen-bond acceptors (Lipinski definition) is 4. The summed E-state index contributed by atoms with van der Waals surface area (Å²) in [5, 5.41) is 8.39. The fourth-order valence-corrected chi connectivity index (χ4v) is 5.05. The first-order valence-electron chi connectivity index (χ1n) is 11.8. The first-order chi connectivity index (χ1) is 17.7. The van der Waals surface area contributed by atoms with E-state index in [0.29, 0.717) is 35.4 Å². The maximum Gasteiger partial charge on any atom is 0.238 e. The quantitative estimate of drug-likeness (QED) is 0.283. The van der Waals surface area contributed by atoms with E-state index in [-0.39, 0.29) is 16.7 Å². The molecule has 0 aliphatic rings. The van der Waals surface area contributed by atoms with Crippen molar-refractivity contribution in [3.8, 4) is 11.1 Å². The Morgan fingerprint density at radius 1 is 0.865 bits per heavy atom. The van der Waals surface area contributed by atoms with Gasteiger partial charge in [-0.05, 0) is 59.4 Å². The van der Waals surface area contributed by atoms with Crippen LogP contribution in [-0.4, -0.2) is 14.3 Å². The van der Waals surface area contributed by atoms with E-state index in [2.05, 4.69) is 11.9 Å². The highest BCUT2D eigenvalue weighted by Gasteiger charge is 2.21. The van der Waals surface area contributed by atoms with Gasteiger partial charge >= 0.3 is 0 Å². The van der Waals surface area contributed by atoms with Gasteiger partial charge < -0.3 is 11.1 Å². The molecule has 188 valence electrons. The third-order valence-electron chi connectivity index (χ3n) is 6.19. The second-order valence-corrected chi connectivity index (χ2v) is 10.4. The number of rotatable bonds is 9. The van der Waals surface area contributed by atoms with Crippen molar-refractivity contribution in [1.82, 2.24) is 0 Å². The summed E-state index contributed by atoms with van der Waals surface area (Å²) in [6, 6.07) is 31.2. The Hall–Kier alpha value is -4.20. The molecule has 1 amide bonds. The van der Waals surface area contributed by atoms with Crippen LogP contribution in [0.2, 0.25) is 0 Å². The molecule has 4 aromatic carbocycles.